The predicted molar refractivity (Wildman–Crippen MR) is 92.8 cm³/mol. The van der Waals surface area contributed by atoms with Crippen molar-refractivity contribution in [2.24, 2.45) is 0 Å². The van der Waals surface area contributed by atoms with E-state index < -0.39 is 5.41 Å². The van der Waals surface area contributed by atoms with Gasteiger partial charge in [0.2, 0.25) is 0 Å². The number of hydrogen-bond donors (Lipinski definition) is 0. The van der Waals surface area contributed by atoms with E-state index in [1.807, 2.05) is 42.5 Å². The van der Waals surface area contributed by atoms with Crippen molar-refractivity contribution < 1.29 is 9.53 Å². The van der Waals surface area contributed by atoms with Gasteiger partial charge in [0, 0.05) is 15.6 Å². The molecule has 0 bridgehead atoms. The summed E-state index contributed by atoms with van der Waals surface area (Å²) in [4.78, 5) is 12.8. The molecule has 0 saturated heterocycles. The van der Waals surface area contributed by atoms with Gasteiger partial charge in [-0.1, -0.05) is 66.4 Å². The van der Waals surface area contributed by atoms with Crippen LogP contribution >= 0.6 is 23.2 Å². The summed E-state index contributed by atoms with van der Waals surface area (Å²) in [5.41, 5.74) is 1.27. The molecule has 0 radical (unpaired) electrons. The SMILES string of the molecule is O=C(OCc1ccccc1Cl)C1(c2ccc(Cl)cc2)CCCC1. The number of carbonyl (C=O) groups excluding carboxylic acids is 1. The molecule has 1 fully saturated rings. The van der Waals surface area contributed by atoms with Gasteiger partial charge in [-0.05, 0) is 36.6 Å². The standard InChI is InChI=1S/C19H18Cl2O2/c20-16-9-7-15(8-10-16)19(11-3-4-12-19)18(22)23-13-14-5-1-2-6-17(14)21/h1-2,5-10H,3-4,11-13H2. The van der Waals surface area contributed by atoms with E-state index in [1.54, 1.807) is 6.07 Å². The first-order valence-electron chi connectivity index (χ1n) is 7.78. The Bertz CT molecular complexity index is 689. The Morgan fingerprint density at radius 1 is 1.00 bits per heavy atom. The van der Waals surface area contributed by atoms with Crippen LogP contribution in [0, 0.1) is 0 Å². The Morgan fingerprint density at radius 3 is 2.30 bits per heavy atom. The van der Waals surface area contributed by atoms with Crippen molar-refractivity contribution in [2.45, 2.75) is 37.7 Å². The molecule has 2 nitrogen and oxygen atoms in total. The van der Waals surface area contributed by atoms with Gasteiger partial charge in [0.15, 0.2) is 0 Å². The third-order valence-electron chi connectivity index (χ3n) is 4.56. The smallest absolute Gasteiger partial charge is 0.316 e. The zero-order valence-corrected chi connectivity index (χ0v) is 14.2. The zero-order chi connectivity index (χ0) is 16.3. The van der Waals surface area contributed by atoms with E-state index in [0.29, 0.717) is 10.0 Å². The first kappa shape index (κ1) is 16.4. The van der Waals surface area contributed by atoms with Gasteiger partial charge in [0.05, 0.1) is 5.41 Å². The van der Waals surface area contributed by atoms with Crippen LogP contribution < -0.4 is 0 Å². The highest BCUT2D eigenvalue weighted by molar-refractivity contribution is 6.31. The second kappa shape index (κ2) is 6.94. The summed E-state index contributed by atoms with van der Waals surface area (Å²) in [6.07, 6.45) is 3.69. The molecule has 0 amide bonds. The van der Waals surface area contributed by atoms with Crippen molar-refractivity contribution in [3.05, 3.63) is 69.7 Å². The van der Waals surface area contributed by atoms with Crippen molar-refractivity contribution in [1.29, 1.82) is 0 Å². The van der Waals surface area contributed by atoms with Crippen LogP contribution in [0.3, 0.4) is 0 Å². The van der Waals surface area contributed by atoms with E-state index in [2.05, 4.69) is 0 Å². The fraction of sp³-hybridized carbons (Fsp3) is 0.316. The molecule has 0 N–H and O–H groups in total. The number of benzene rings is 2. The topological polar surface area (TPSA) is 26.3 Å². The third kappa shape index (κ3) is 3.39. The normalized spacial score (nSPS) is 16.3. The van der Waals surface area contributed by atoms with Crippen LogP contribution in [0.2, 0.25) is 10.0 Å². The molecular formula is C19H18Cl2O2. The minimum atomic E-state index is -0.550. The number of ether oxygens (including phenoxy) is 1. The average Bonchev–Trinajstić information content (AvgIpc) is 3.05. The molecule has 2 aromatic carbocycles. The molecule has 0 unspecified atom stereocenters. The summed E-state index contributed by atoms with van der Waals surface area (Å²) in [5, 5.41) is 1.29. The third-order valence-corrected chi connectivity index (χ3v) is 5.18. The molecule has 23 heavy (non-hydrogen) atoms. The fourth-order valence-electron chi connectivity index (χ4n) is 3.26. The Balaban J connectivity index is 1.79. The molecule has 1 aliphatic carbocycles. The zero-order valence-electron chi connectivity index (χ0n) is 12.7. The molecule has 0 aliphatic heterocycles. The molecular weight excluding hydrogens is 331 g/mol. The van der Waals surface area contributed by atoms with E-state index in [0.717, 1.165) is 36.8 Å². The summed E-state index contributed by atoms with van der Waals surface area (Å²) >= 11 is 12.1. The molecule has 2 aromatic rings. The van der Waals surface area contributed by atoms with Gasteiger partial charge in [-0.3, -0.25) is 4.79 Å². The van der Waals surface area contributed by atoms with Gasteiger partial charge < -0.3 is 4.74 Å². The van der Waals surface area contributed by atoms with Crippen LogP contribution in [0.5, 0.6) is 0 Å². The first-order chi connectivity index (χ1) is 11.1. The summed E-state index contributed by atoms with van der Waals surface area (Å²) in [7, 11) is 0. The highest BCUT2D eigenvalue weighted by Crippen LogP contribution is 2.42. The maximum atomic E-state index is 12.8. The molecule has 120 valence electrons. The van der Waals surface area contributed by atoms with Crippen molar-refractivity contribution in [3.8, 4) is 0 Å². The van der Waals surface area contributed by atoms with Gasteiger partial charge in [0.25, 0.3) is 0 Å². The van der Waals surface area contributed by atoms with Gasteiger partial charge in [-0.2, -0.15) is 0 Å². The summed E-state index contributed by atoms with van der Waals surface area (Å²) in [6.45, 7) is 0.202. The number of hydrogen-bond acceptors (Lipinski definition) is 2. The fourth-order valence-corrected chi connectivity index (χ4v) is 3.57. The predicted octanol–water partition coefficient (Wildman–Crippen LogP) is 5.55. The molecule has 0 spiro atoms. The Labute approximate surface area is 146 Å². The second-order valence-electron chi connectivity index (χ2n) is 5.96. The number of halogens is 2. The van der Waals surface area contributed by atoms with Crippen LogP contribution in [0.15, 0.2) is 48.5 Å². The summed E-state index contributed by atoms with van der Waals surface area (Å²) < 4.78 is 5.62. The van der Waals surface area contributed by atoms with Gasteiger partial charge in [-0.15, -0.1) is 0 Å². The van der Waals surface area contributed by atoms with Crippen LogP contribution in [0.4, 0.5) is 0 Å². The minimum absolute atomic E-state index is 0.169. The van der Waals surface area contributed by atoms with Crippen LogP contribution in [-0.2, 0) is 21.6 Å². The van der Waals surface area contributed by atoms with Crippen LogP contribution in [-0.4, -0.2) is 5.97 Å². The number of carbonyl (C=O) groups is 1. The average molecular weight is 349 g/mol. The largest absolute Gasteiger partial charge is 0.460 e. The Kier molecular flexibility index (Phi) is 4.93. The molecule has 4 heteroatoms. The highest BCUT2D eigenvalue weighted by Gasteiger charge is 2.44. The number of rotatable bonds is 4. The monoisotopic (exact) mass is 348 g/mol. The van der Waals surface area contributed by atoms with E-state index in [1.165, 1.54) is 0 Å². The van der Waals surface area contributed by atoms with Crippen LogP contribution in [0.1, 0.15) is 36.8 Å². The molecule has 3 rings (SSSR count). The van der Waals surface area contributed by atoms with E-state index in [4.69, 9.17) is 27.9 Å². The van der Waals surface area contributed by atoms with E-state index in [9.17, 15) is 4.79 Å². The van der Waals surface area contributed by atoms with Crippen molar-refractivity contribution in [1.82, 2.24) is 0 Å². The maximum Gasteiger partial charge on any atom is 0.316 e. The molecule has 0 atom stereocenters. The van der Waals surface area contributed by atoms with Crippen molar-refractivity contribution in [3.63, 3.8) is 0 Å². The lowest BCUT2D eigenvalue weighted by atomic mass is 9.79. The van der Waals surface area contributed by atoms with Gasteiger partial charge in [-0.25, -0.2) is 0 Å². The summed E-state index contributed by atoms with van der Waals surface area (Å²) in [5.74, 6) is -0.169. The van der Waals surface area contributed by atoms with Crippen LogP contribution in [0.25, 0.3) is 0 Å². The Hall–Kier alpha value is -1.51. The minimum Gasteiger partial charge on any atom is -0.460 e. The lowest BCUT2D eigenvalue weighted by molar-refractivity contribution is -0.152. The number of esters is 1. The molecule has 1 aliphatic rings. The van der Waals surface area contributed by atoms with Gasteiger partial charge >= 0.3 is 5.97 Å². The lowest BCUT2D eigenvalue weighted by Crippen LogP contribution is -2.34. The quantitative estimate of drug-likeness (QED) is 0.677. The first-order valence-corrected chi connectivity index (χ1v) is 8.54. The maximum absolute atomic E-state index is 12.8. The van der Waals surface area contributed by atoms with E-state index in [-0.39, 0.29) is 12.6 Å². The van der Waals surface area contributed by atoms with Crippen molar-refractivity contribution >= 4 is 29.2 Å². The highest BCUT2D eigenvalue weighted by atomic mass is 35.5. The van der Waals surface area contributed by atoms with Crippen molar-refractivity contribution in [2.75, 3.05) is 0 Å². The lowest BCUT2D eigenvalue weighted by Gasteiger charge is -2.27. The molecule has 1 saturated carbocycles. The summed E-state index contributed by atoms with van der Waals surface area (Å²) in [6, 6.07) is 15.0. The molecule has 0 heterocycles. The van der Waals surface area contributed by atoms with E-state index >= 15 is 0 Å². The Morgan fingerprint density at radius 2 is 1.65 bits per heavy atom. The molecule has 0 aromatic heterocycles. The van der Waals surface area contributed by atoms with Gasteiger partial charge in [0.1, 0.15) is 6.61 Å². The second-order valence-corrected chi connectivity index (χ2v) is 6.81.